The molecule has 0 aliphatic heterocycles. The van der Waals surface area contributed by atoms with Gasteiger partial charge in [-0.3, -0.25) is 0 Å². The van der Waals surface area contributed by atoms with Gasteiger partial charge in [-0.25, -0.2) is 0 Å². The Morgan fingerprint density at radius 2 is 1.16 bits per heavy atom. The Balaban J connectivity index is -0.0000000639. The molecule has 0 aliphatic carbocycles. The first-order valence-corrected chi connectivity index (χ1v) is 7.71. The van der Waals surface area contributed by atoms with E-state index >= 15 is 0 Å². The number of hydrogen-bond donors (Lipinski definition) is 5. The summed E-state index contributed by atoms with van der Waals surface area (Å²) in [7, 11) is -11.4. The van der Waals surface area contributed by atoms with Crippen molar-refractivity contribution in [2.75, 3.05) is 6.61 Å². The molecule has 5 N–H and O–H groups in total. The second-order valence-electron chi connectivity index (χ2n) is 3.33. The minimum Gasteiger partial charge on any atom is -0.790 e. The van der Waals surface area contributed by atoms with Crippen molar-refractivity contribution in [3.05, 3.63) is 0 Å². The van der Waals surface area contributed by atoms with E-state index in [1.807, 2.05) is 0 Å². The fourth-order valence-corrected chi connectivity index (χ4v) is 1.72. The molecule has 0 aliphatic rings. The third-order valence-corrected chi connectivity index (χ3v) is 3.22. The summed E-state index contributed by atoms with van der Waals surface area (Å²) in [5, 5.41) is 43.5. The standard InChI is InChI=1S/C6H12O6.4Na.H4O7P2/c7-1-3(9)5(11)6(12)4(10)2-8;;;;;1-8(2,3)7-9(4,5)6/h1,3-6,8-12H,2H2;;;;;(H2,1,2,3)(H2,4,5,6)/q;4*+1;/p-4. The van der Waals surface area contributed by atoms with E-state index in [1.165, 1.54) is 0 Å². The van der Waals surface area contributed by atoms with Crippen LogP contribution in [0.25, 0.3) is 0 Å². The van der Waals surface area contributed by atoms with Crippen molar-refractivity contribution in [1.29, 1.82) is 0 Å². The Morgan fingerprint density at radius 1 is 0.840 bits per heavy atom. The van der Waals surface area contributed by atoms with Crippen LogP contribution in [0.5, 0.6) is 0 Å². The van der Waals surface area contributed by atoms with Crippen molar-refractivity contribution < 1.29 is 182 Å². The summed E-state index contributed by atoms with van der Waals surface area (Å²) in [5.41, 5.74) is 0. The second-order valence-corrected chi connectivity index (χ2v) is 5.78. The maximum Gasteiger partial charge on any atom is 1.00 e. The van der Waals surface area contributed by atoms with E-state index in [9.17, 15) is 33.5 Å². The van der Waals surface area contributed by atoms with Crippen molar-refractivity contribution in [2.45, 2.75) is 24.4 Å². The Morgan fingerprint density at radius 3 is 1.32 bits per heavy atom. The molecule has 0 saturated carbocycles. The van der Waals surface area contributed by atoms with Crippen molar-refractivity contribution >= 4 is 21.9 Å². The van der Waals surface area contributed by atoms with E-state index in [0.29, 0.717) is 0 Å². The van der Waals surface area contributed by atoms with Crippen LogP contribution in [-0.4, -0.2) is 62.8 Å². The van der Waals surface area contributed by atoms with Crippen LogP contribution >= 0.6 is 15.6 Å². The molecule has 0 amide bonds. The molecule has 19 heteroatoms. The van der Waals surface area contributed by atoms with Crippen LogP contribution in [0.1, 0.15) is 0 Å². The normalized spacial score (nSPS) is 15.1. The maximum absolute atomic E-state index is 9.90. The van der Waals surface area contributed by atoms with Crippen LogP contribution in [-0.2, 0) is 18.2 Å². The molecule has 4 atom stereocenters. The third-order valence-electron chi connectivity index (χ3n) is 1.62. The minimum absolute atomic E-state index is 0. The fraction of sp³-hybridized carbons (Fsp3) is 0.833. The summed E-state index contributed by atoms with van der Waals surface area (Å²) < 4.78 is 21.2. The molecule has 25 heavy (non-hydrogen) atoms. The molecule has 4 unspecified atom stereocenters. The number of rotatable bonds is 7. The Hall–Kier alpha value is 3.73. The first kappa shape index (κ1) is 42.8. The van der Waals surface area contributed by atoms with Crippen molar-refractivity contribution in [1.82, 2.24) is 0 Å². The van der Waals surface area contributed by atoms with Gasteiger partial charge in [-0.2, -0.15) is 0 Å². The van der Waals surface area contributed by atoms with Gasteiger partial charge in [-0.15, -0.1) is 0 Å². The minimum atomic E-state index is -5.68. The molecule has 0 fully saturated rings. The van der Waals surface area contributed by atoms with Gasteiger partial charge >= 0.3 is 118 Å². The van der Waals surface area contributed by atoms with E-state index in [-0.39, 0.29) is 125 Å². The second kappa shape index (κ2) is 21.0. The number of carbonyl (C=O) groups excluding carboxylic acids is 1. The smallest absolute Gasteiger partial charge is 0.790 e. The summed E-state index contributed by atoms with van der Waals surface area (Å²) in [5.74, 6) is 0. The van der Waals surface area contributed by atoms with Crippen LogP contribution in [0.15, 0.2) is 0 Å². The van der Waals surface area contributed by atoms with Crippen molar-refractivity contribution in [3.8, 4) is 0 Å². The summed E-state index contributed by atoms with van der Waals surface area (Å²) >= 11 is 0. The zero-order valence-electron chi connectivity index (χ0n) is 14.0. The average Bonchev–Trinajstić information content (AvgIpc) is 2.31. The van der Waals surface area contributed by atoms with E-state index < -0.39 is 46.7 Å². The van der Waals surface area contributed by atoms with E-state index in [4.69, 9.17) is 25.5 Å². The van der Waals surface area contributed by atoms with Gasteiger partial charge in [0.15, 0.2) is 6.29 Å². The van der Waals surface area contributed by atoms with Crippen molar-refractivity contribution in [2.24, 2.45) is 0 Å². The van der Waals surface area contributed by atoms with Crippen LogP contribution < -0.4 is 138 Å². The number of aliphatic hydroxyl groups excluding tert-OH is 5. The summed E-state index contributed by atoms with van der Waals surface area (Å²) in [6.07, 6.45) is -6.84. The molecule has 0 saturated heterocycles. The average molecular weight is 446 g/mol. The van der Waals surface area contributed by atoms with Crippen molar-refractivity contribution in [3.63, 3.8) is 0 Å². The number of hydrogen-bond acceptors (Lipinski definition) is 13. The molecular weight excluding hydrogens is 434 g/mol. The van der Waals surface area contributed by atoms with Gasteiger partial charge in [0.25, 0.3) is 0 Å². The molecule has 0 spiro atoms. The molecule has 128 valence electrons. The summed E-state index contributed by atoms with van der Waals surface area (Å²) in [6, 6.07) is 0. The van der Waals surface area contributed by atoms with Gasteiger partial charge in [0.2, 0.25) is 0 Å². The molecule has 0 bridgehead atoms. The largest absolute Gasteiger partial charge is 1.00 e. The zero-order chi connectivity index (χ0) is 17.4. The third kappa shape index (κ3) is 27.7. The maximum atomic E-state index is 9.90. The molecule has 0 rings (SSSR count). The molecule has 0 radical (unpaired) electrons. The van der Waals surface area contributed by atoms with E-state index in [2.05, 4.69) is 4.31 Å². The molecule has 0 aromatic rings. The molecular formula is C6H12Na4O13P2. The first-order valence-electron chi connectivity index (χ1n) is 4.79. The molecule has 0 aromatic heterocycles. The van der Waals surface area contributed by atoms with Crippen LogP contribution in [0.4, 0.5) is 0 Å². The monoisotopic (exact) mass is 446 g/mol. The fourth-order valence-electron chi connectivity index (χ4n) is 0.741. The van der Waals surface area contributed by atoms with Gasteiger partial charge < -0.3 is 63.3 Å². The Labute approximate surface area is 231 Å². The van der Waals surface area contributed by atoms with E-state index in [1.54, 1.807) is 0 Å². The predicted octanol–water partition coefficient (Wildman–Crippen LogP) is -18.7. The molecule has 0 heterocycles. The summed E-state index contributed by atoms with van der Waals surface area (Å²) in [4.78, 5) is 47.2. The summed E-state index contributed by atoms with van der Waals surface area (Å²) in [6.45, 7) is -0.760. The predicted molar refractivity (Wildman–Crippen MR) is 53.5 cm³/mol. The topological polar surface area (TPSA) is 254 Å². The number of carbonyl (C=O) groups is 1. The van der Waals surface area contributed by atoms with Gasteiger partial charge in [0.05, 0.1) is 22.3 Å². The number of aliphatic hydroxyl groups is 5. The molecule has 0 aromatic carbocycles. The molecule has 13 nitrogen and oxygen atoms in total. The Bertz CT molecular complexity index is 382. The van der Waals surface area contributed by atoms with Crippen LogP contribution in [0, 0.1) is 0 Å². The first-order chi connectivity index (χ1) is 9.25. The number of aldehydes is 1. The number of phosphoric acid groups is 2. The zero-order valence-corrected chi connectivity index (χ0v) is 23.8. The van der Waals surface area contributed by atoms with E-state index in [0.717, 1.165) is 0 Å². The van der Waals surface area contributed by atoms with Gasteiger partial charge in [0, 0.05) is 0 Å². The Kier molecular flexibility index (Phi) is 35.9. The van der Waals surface area contributed by atoms with Gasteiger partial charge in [-0.1, -0.05) is 0 Å². The van der Waals surface area contributed by atoms with Crippen LogP contribution in [0.3, 0.4) is 0 Å². The van der Waals surface area contributed by atoms with Crippen LogP contribution in [0.2, 0.25) is 0 Å². The SMILES string of the molecule is O=CC(O)C(O)C(O)C(O)CO.O=P([O-])([O-])OP(=O)([O-])[O-].[Na+].[Na+].[Na+].[Na+]. The van der Waals surface area contributed by atoms with Gasteiger partial charge in [0.1, 0.15) is 24.4 Å². The quantitative estimate of drug-likeness (QED) is 0.138. The van der Waals surface area contributed by atoms with Gasteiger partial charge in [-0.05, 0) is 0 Å².